The topological polar surface area (TPSA) is 91.8 Å². The van der Waals surface area contributed by atoms with Crippen molar-refractivity contribution in [2.45, 2.75) is 54.9 Å². The first-order chi connectivity index (χ1) is 63.8. The van der Waals surface area contributed by atoms with Gasteiger partial charge < -0.3 is 46.1 Å². The van der Waals surface area contributed by atoms with E-state index in [0.717, 1.165) is 271 Å². The van der Waals surface area contributed by atoms with Gasteiger partial charge in [0.2, 0.25) is 0 Å². The second kappa shape index (κ2) is 28.7. The van der Waals surface area contributed by atoms with Gasteiger partial charge in [-0.1, -0.05) is 237 Å². The van der Waals surface area contributed by atoms with Crippen LogP contribution in [0.5, 0.6) is 0 Å². The van der Waals surface area contributed by atoms with E-state index in [2.05, 4.69) is 414 Å². The highest BCUT2D eigenvalue weighted by molar-refractivity contribution is 6.29. The Balaban J connectivity index is 0.640. The van der Waals surface area contributed by atoms with Gasteiger partial charge in [-0.15, -0.1) is 0 Å². The average molecular weight is 1680 g/mol. The third kappa shape index (κ3) is 11.4. The first-order valence-electron chi connectivity index (χ1n) is 44.6. The molecule has 20 aromatic carbocycles. The van der Waals surface area contributed by atoms with Crippen LogP contribution in [0.1, 0.15) is 50.1 Å². The van der Waals surface area contributed by atoms with Crippen LogP contribution in [0.3, 0.4) is 0 Å². The Morgan fingerprint density at radius 1 is 0.169 bits per heavy atom. The molecule has 0 fully saturated rings. The Kier molecular flexibility index (Phi) is 16.5. The Morgan fingerprint density at radius 2 is 0.431 bits per heavy atom. The number of aryl methyl sites for hydroxylation is 7. The highest BCUT2D eigenvalue weighted by atomic mass is 16.4. The maximum Gasteiger partial charge on any atom is 0.159 e. The fourth-order valence-electron chi connectivity index (χ4n) is 21.3. The van der Waals surface area contributed by atoms with Gasteiger partial charge in [-0.05, 0) is 226 Å². The number of nitrogens with zero attached hydrogens (tertiary/aromatic N) is 4. The van der Waals surface area contributed by atoms with Gasteiger partial charge in [-0.3, -0.25) is 0 Å². The molecule has 0 unspecified atom stereocenters. The van der Waals surface area contributed by atoms with Crippen LogP contribution >= 0.6 is 0 Å². The highest BCUT2D eigenvalue weighted by Crippen LogP contribution is 2.56. The molecular formula is C120H82N4O6. The van der Waals surface area contributed by atoms with Crippen molar-refractivity contribution < 1.29 is 26.5 Å². The third-order valence-corrected chi connectivity index (χ3v) is 27.4. The molecule has 130 heavy (non-hydrogen) atoms. The summed E-state index contributed by atoms with van der Waals surface area (Å²) in [6.07, 6.45) is 0.675. The molecule has 0 atom stereocenters. The van der Waals surface area contributed by atoms with Crippen molar-refractivity contribution in [3.63, 3.8) is 0 Å². The lowest BCUT2D eigenvalue weighted by Crippen LogP contribution is -2.13. The van der Waals surface area contributed by atoms with Crippen LogP contribution in [0.2, 0.25) is 0 Å². The van der Waals surface area contributed by atoms with Crippen LogP contribution in [-0.4, -0.2) is 0 Å². The van der Waals surface area contributed by atoms with Crippen LogP contribution in [0.15, 0.2) is 384 Å². The molecule has 618 valence electrons. The lowest BCUT2D eigenvalue weighted by Gasteiger charge is -2.29. The van der Waals surface area contributed by atoms with Gasteiger partial charge in [0, 0.05) is 130 Å². The van der Waals surface area contributed by atoms with Crippen LogP contribution in [0.25, 0.3) is 175 Å². The van der Waals surface area contributed by atoms with Gasteiger partial charge in [-0.2, -0.15) is 0 Å². The normalized spacial score (nSPS) is 12.1. The summed E-state index contributed by atoms with van der Waals surface area (Å²) >= 11 is 0. The standard InChI is InChI=1S/C120H82N4O6/c1-68-56-69(2)58-78(57-68)123(103-46-26-42-94-86-34-18-22-50-111(86)127-119(94)103)107-66-99-100-67-108(83-31-11-15-39-91(83)116(100)130-115(99)90-38-14-10-30-82(90)107)124(104-47-27-43-95-87-35-19-23-51-112(87)128-120(95)104)79-61-73(6)96(74(7)62-79)63-75-53-55-77(60-72(75)5)122(102-45-25-41-93-85-33-17-21-49-110(85)126-118(93)102)106-65-98-97-64-105(80-28-8-12-36-88(80)113(97)129-114(98)89-37-13-9-29-81(89)106)121(76-54-52-70(3)71(4)59-76)101-44-24-40-92-84-32-16-20-48-109(84)125-117(92)101/h8-62,64-67H,63H2,1-7H3. The van der Waals surface area contributed by atoms with E-state index in [1.165, 1.54) is 22.3 Å². The van der Waals surface area contributed by atoms with Gasteiger partial charge in [0.25, 0.3) is 0 Å². The van der Waals surface area contributed by atoms with Gasteiger partial charge in [0.1, 0.15) is 44.7 Å². The Morgan fingerprint density at radius 3 is 0.754 bits per heavy atom. The number of anilines is 12. The molecule has 0 saturated heterocycles. The number of hydrogen-bond acceptors (Lipinski definition) is 10. The van der Waals surface area contributed by atoms with Crippen LogP contribution in [0, 0.1) is 48.5 Å². The molecule has 10 heteroatoms. The summed E-state index contributed by atoms with van der Waals surface area (Å²) in [5.41, 5.74) is 32.1. The minimum absolute atomic E-state index is 0.675. The number of para-hydroxylation sites is 8. The Hall–Kier alpha value is -16.6. The van der Waals surface area contributed by atoms with E-state index in [-0.39, 0.29) is 0 Å². The van der Waals surface area contributed by atoms with Crippen molar-refractivity contribution >= 4 is 243 Å². The van der Waals surface area contributed by atoms with E-state index in [9.17, 15) is 0 Å². The number of fused-ring (bicyclic) bond motifs is 26. The molecule has 26 rings (SSSR count). The summed E-state index contributed by atoms with van der Waals surface area (Å²) in [7, 11) is 0. The molecule has 0 saturated carbocycles. The quantitative estimate of drug-likeness (QED) is 0.105. The van der Waals surface area contributed by atoms with Gasteiger partial charge in [0.05, 0.1) is 45.5 Å². The highest BCUT2D eigenvalue weighted by Gasteiger charge is 2.33. The Labute approximate surface area is 747 Å². The summed E-state index contributed by atoms with van der Waals surface area (Å²) in [5.74, 6) is 0. The fourth-order valence-corrected chi connectivity index (χ4v) is 21.3. The van der Waals surface area contributed by atoms with Crippen molar-refractivity contribution in [1.29, 1.82) is 0 Å². The fraction of sp³-hybridized carbons (Fsp3) is 0.0667. The second-order valence-electron chi connectivity index (χ2n) is 35.3. The largest absolute Gasteiger partial charge is 0.455 e. The monoisotopic (exact) mass is 1670 g/mol. The molecule has 0 aliphatic heterocycles. The molecular weight excluding hydrogens is 1590 g/mol. The van der Waals surface area contributed by atoms with Crippen LogP contribution < -0.4 is 19.6 Å². The van der Waals surface area contributed by atoms with Crippen molar-refractivity contribution in [2.75, 3.05) is 19.6 Å². The summed E-state index contributed by atoms with van der Waals surface area (Å²) in [4.78, 5) is 9.66. The van der Waals surface area contributed by atoms with Crippen LogP contribution in [0.4, 0.5) is 68.2 Å². The predicted molar refractivity (Wildman–Crippen MR) is 541 cm³/mol. The van der Waals surface area contributed by atoms with Gasteiger partial charge in [-0.25, -0.2) is 0 Å². The summed E-state index contributed by atoms with van der Waals surface area (Å²) in [6, 6.07) is 129. The second-order valence-corrected chi connectivity index (χ2v) is 35.3. The zero-order valence-electron chi connectivity index (χ0n) is 72.5. The molecule has 6 heterocycles. The molecule has 6 aromatic heterocycles. The van der Waals surface area contributed by atoms with E-state index in [0.29, 0.717) is 6.42 Å². The molecule has 0 N–H and O–H groups in total. The van der Waals surface area contributed by atoms with E-state index in [4.69, 9.17) is 26.5 Å². The molecule has 0 bridgehead atoms. The number of hydrogen-bond donors (Lipinski definition) is 0. The predicted octanol–water partition coefficient (Wildman–Crippen LogP) is 35.3. The zero-order chi connectivity index (χ0) is 86.6. The molecule has 26 aromatic rings. The van der Waals surface area contributed by atoms with E-state index in [1.807, 2.05) is 12.1 Å². The molecule has 0 radical (unpaired) electrons. The van der Waals surface area contributed by atoms with Gasteiger partial charge in [0.15, 0.2) is 22.3 Å². The molecule has 0 aliphatic rings. The van der Waals surface area contributed by atoms with E-state index >= 15 is 0 Å². The Bertz CT molecular complexity index is 9290. The summed E-state index contributed by atoms with van der Waals surface area (Å²) in [5, 5.41) is 20.5. The summed E-state index contributed by atoms with van der Waals surface area (Å²) < 4.78 is 43.1. The van der Waals surface area contributed by atoms with Crippen LogP contribution in [-0.2, 0) is 6.42 Å². The minimum atomic E-state index is 0.675. The van der Waals surface area contributed by atoms with Crippen molar-refractivity contribution in [2.24, 2.45) is 0 Å². The number of rotatable bonds is 14. The maximum atomic E-state index is 7.47. The molecule has 0 spiro atoms. The van der Waals surface area contributed by atoms with Crippen molar-refractivity contribution in [3.05, 3.63) is 408 Å². The first-order valence-corrected chi connectivity index (χ1v) is 44.6. The zero-order valence-corrected chi connectivity index (χ0v) is 72.5. The smallest absolute Gasteiger partial charge is 0.159 e. The van der Waals surface area contributed by atoms with E-state index in [1.54, 1.807) is 0 Å². The molecule has 0 amide bonds. The molecule has 10 nitrogen and oxygen atoms in total. The summed E-state index contributed by atoms with van der Waals surface area (Å²) in [6.45, 7) is 15.6. The number of benzene rings is 20. The minimum Gasteiger partial charge on any atom is -0.455 e. The lowest BCUT2D eigenvalue weighted by atomic mass is 9.92. The first kappa shape index (κ1) is 74.8. The van der Waals surface area contributed by atoms with E-state index < -0.39 is 0 Å². The third-order valence-electron chi connectivity index (χ3n) is 27.4. The van der Waals surface area contributed by atoms with Crippen molar-refractivity contribution in [3.8, 4) is 0 Å². The molecule has 0 aliphatic carbocycles. The van der Waals surface area contributed by atoms with Gasteiger partial charge >= 0.3 is 0 Å². The average Bonchev–Trinajstić information content (AvgIpc) is 1.53. The SMILES string of the molecule is Cc1cc(C)cc(N(c2cc3c4cc(N(c5cc(C)c(Cc6ccc(N(c7cc8c9cc(N(c%10ccc(C)c(C)c%10)c%10cccc%11c%10oc%10ccccc%10%11)c%10ccccc%10c9oc8c8ccccc78)c7cccc8c7oc7ccccc78)cc6C)c(C)c5)c5cccc6c5oc5ccccc56)c5ccccc5c4oc3c3ccccc23)c2cccc3c2oc2ccccc23)c1. The lowest BCUT2D eigenvalue weighted by molar-refractivity contribution is 0.668. The maximum absolute atomic E-state index is 7.47. The van der Waals surface area contributed by atoms with Crippen molar-refractivity contribution in [1.82, 2.24) is 0 Å². The number of furan rings is 6.